The van der Waals surface area contributed by atoms with Crippen LogP contribution < -0.4 is 10.0 Å². The minimum absolute atomic E-state index is 0.124. The molecule has 0 saturated carbocycles. The summed E-state index contributed by atoms with van der Waals surface area (Å²) in [5, 5.41) is 5.09. The molecule has 1 aromatic heterocycles. The lowest BCUT2D eigenvalue weighted by atomic mass is 9.93. The fourth-order valence-electron chi connectivity index (χ4n) is 1.63. The van der Waals surface area contributed by atoms with Crippen LogP contribution in [0.4, 0.5) is 0 Å². The van der Waals surface area contributed by atoms with E-state index < -0.39 is 10.0 Å². The predicted molar refractivity (Wildman–Crippen MR) is 85.6 cm³/mol. The molecule has 0 spiro atoms. The standard InChI is InChI=1S/C14H26N2O2S2/c1-11(2)15-10-12-13(6-9-19-12)20(17,18)16-8-7-14(3,4)5/h6,9,11,15-16H,7-8,10H2,1-5H3. The fourth-order valence-corrected chi connectivity index (χ4v) is 4.06. The van der Waals surface area contributed by atoms with Crippen molar-refractivity contribution in [3.8, 4) is 0 Å². The molecule has 6 heteroatoms. The molecular weight excluding hydrogens is 292 g/mol. The van der Waals surface area contributed by atoms with Gasteiger partial charge in [0.15, 0.2) is 0 Å². The second-order valence-corrected chi connectivity index (χ2v) is 9.19. The normalized spacial score (nSPS) is 13.1. The molecule has 116 valence electrons. The number of hydrogen-bond donors (Lipinski definition) is 2. The molecule has 0 aliphatic carbocycles. The average Bonchev–Trinajstić information content (AvgIpc) is 2.72. The zero-order chi connectivity index (χ0) is 15.4. The van der Waals surface area contributed by atoms with Crippen molar-refractivity contribution in [1.82, 2.24) is 10.0 Å². The smallest absolute Gasteiger partial charge is 0.241 e. The van der Waals surface area contributed by atoms with E-state index in [9.17, 15) is 8.42 Å². The summed E-state index contributed by atoms with van der Waals surface area (Å²) >= 11 is 1.48. The van der Waals surface area contributed by atoms with Crippen molar-refractivity contribution in [1.29, 1.82) is 0 Å². The third kappa shape index (κ3) is 5.91. The Morgan fingerprint density at radius 2 is 1.95 bits per heavy atom. The molecule has 1 aromatic rings. The Bertz CT molecular complexity index is 514. The van der Waals surface area contributed by atoms with Gasteiger partial charge in [-0.3, -0.25) is 0 Å². The van der Waals surface area contributed by atoms with Crippen LogP contribution in [-0.2, 0) is 16.6 Å². The summed E-state index contributed by atoms with van der Waals surface area (Å²) in [6.45, 7) is 11.5. The first-order valence-electron chi connectivity index (χ1n) is 6.91. The molecule has 0 aromatic carbocycles. The van der Waals surface area contributed by atoms with Gasteiger partial charge in [0.2, 0.25) is 10.0 Å². The first-order valence-corrected chi connectivity index (χ1v) is 9.27. The van der Waals surface area contributed by atoms with Crippen molar-refractivity contribution in [2.24, 2.45) is 5.41 Å². The minimum atomic E-state index is -3.40. The van der Waals surface area contributed by atoms with Gasteiger partial charge in [0.05, 0.1) is 4.90 Å². The summed E-state index contributed by atoms with van der Waals surface area (Å²) in [6, 6.07) is 2.02. The van der Waals surface area contributed by atoms with Gasteiger partial charge in [0.1, 0.15) is 0 Å². The maximum atomic E-state index is 12.3. The van der Waals surface area contributed by atoms with Gasteiger partial charge in [0.25, 0.3) is 0 Å². The van der Waals surface area contributed by atoms with Crippen LogP contribution in [0, 0.1) is 5.41 Å². The zero-order valence-electron chi connectivity index (χ0n) is 13.0. The number of hydrogen-bond acceptors (Lipinski definition) is 4. The zero-order valence-corrected chi connectivity index (χ0v) is 14.6. The van der Waals surface area contributed by atoms with E-state index in [-0.39, 0.29) is 5.41 Å². The van der Waals surface area contributed by atoms with Crippen LogP contribution in [0.5, 0.6) is 0 Å². The molecule has 0 aliphatic rings. The SMILES string of the molecule is CC(C)NCc1sccc1S(=O)(=O)NCCC(C)(C)C. The predicted octanol–water partition coefficient (Wildman–Crippen LogP) is 2.96. The van der Waals surface area contributed by atoms with Crippen LogP contribution >= 0.6 is 11.3 Å². The van der Waals surface area contributed by atoms with E-state index in [0.29, 0.717) is 24.0 Å². The summed E-state index contributed by atoms with van der Waals surface area (Å²) < 4.78 is 27.3. The monoisotopic (exact) mass is 318 g/mol. The number of nitrogens with one attached hydrogen (secondary N) is 2. The lowest BCUT2D eigenvalue weighted by Gasteiger charge is -2.18. The van der Waals surface area contributed by atoms with Crippen LogP contribution in [0.15, 0.2) is 16.3 Å². The molecule has 0 unspecified atom stereocenters. The van der Waals surface area contributed by atoms with Crippen LogP contribution in [-0.4, -0.2) is 21.0 Å². The van der Waals surface area contributed by atoms with Gasteiger partial charge >= 0.3 is 0 Å². The molecule has 20 heavy (non-hydrogen) atoms. The first-order chi connectivity index (χ1) is 9.12. The molecule has 0 atom stereocenters. The van der Waals surface area contributed by atoms with Crippen molar-refractivity contribution in [3.63, 3.8) is 0 Å². The molecule has 0 amide bonds. The first kappa shape index (κ1) is 17.6. The van der Waals surface area contributed by atoms with Gasteiger partial charge in [-0.2, -0.15) is 0 Å². The minimum Gasteiger partial charge on any atom is -0.310 e. The summed E-state index contributed by atoms with van der Waals surface area (Å²) in [5.41, 5.74) is 0.124. The van der Waals surface area contributed by atoms with Crippen molar-refractivity contribution in [2.45, 2.75) is 58.5 Å². The molecule has 0 aliphatic heterocycles. The van der Waals surface area contributed by atoms with Gasteiger partial charge in [-0.05, 0) is 23.3 Å². The molecular formula is C14H26N2O2S2. The van der Waals surface area contributed by atoms with E-state index >= 15 is 0 Å². The largest absolute Gasteiger partial charge is 0.310 e. The van der Waals surface area contributed by atoms with Gasteiger partial charge in [-0.1, -0.05) is 34.6 Å². The molecule has 1 heterocycles. The Morgan fingerprint density at radius 1 is 1.30 bits per heavy atom. The highest BCUT2D eigenvalue weighted by Crippen LogP contribution is 2.23. The van der Waals surface area contributed by atoms with Crippen molar-refractivity contribution in [3.05, 3.63) is 16.3 Å². The summed E-state index contributed by atoms with van der Waals surface area (Å²) in [6.07, 6.45) is 0.815. The second-order valence-electron chi connectivity index (χ2n) is 6.45. The number of rotatable bonds is 7. The topological polar surface area (TPSA) is 58.2 Å². The Kier molecular flexibility index (Phi) is 6.19. The molecule has 0 saturated heterocycles. The number of thiophene rings is 1. The van der Waals surface area contributed by atoms with E-state index in [4.69, 9.17) is 0 Å². The van der Waals surface area contributed by atoms with Crippen LogP contribution in [0.25, 0.3) is 0 Å². The molecule has 0 radical (unpaired) electrons. The van der Waals surface area contributed by atoms with E-state index in [2.05, 4.69) is 30.8 Å². The van der Waals surface area contributed by atoms with Crippen LogP contribution in [0.3, 0.4) is 0 Å². The highest BCUT2D eigenvalue weighted by Gasteiger charge is 2.20. The summed E-state index contributed by atoms with van der Waals surface area (Å²) in [7, 11) is -3.40. The van der Waals surface area contributed by atoms with E-state index in [1.54, 1.807) is 6.07 Å². The van der Waals surface area contributed by atoms with Crippen molar-refractivity contribution < 1.29 is 8.42 Å². The van der Waals surface area contributed by atoms with Gasteiger partial charge in [-0.15, -0.1) is 11.3 Å². The van der Waals surface area contributed by atoms with Gasteiger partial charge in [0, 0.05) is 24.0 Å². The van der Waals surface area contributed by atoms with Crippen LogP contribution in [0.1, 0.15) is 45.9 Å². The lowest BCUT2D eigenvalue weighted by molar-refractivity contribution is 0.378. The van der Waals surface area contributed by atoms with Gasteiger partial charge in [-0.25, -0.2) is 13.1 Å². The highest BCUT2D eigenvalue weighted by atomic mass is 32.2. The van der Waals surface area contributed by atoms with Gasteiger partial charge < -0.3 is 5.32 Å². The third-order valence-electron chi connectivity index (χ3n) is 2.83. The average molecular weight is 319 g/mol. The summed E-state index contributed by atoms with van der Waals surface area (Å²) in [5.74, 6) is 0. The highest BCUT2D eigenvalue weighted by molar-refractivity contribution is 7.89. The summed E-state index contributed by atoms with van der Waals surface area (Å²) in [4.78, 5) is 1.27. The maximum Gasteiger partial charge on any atom is 0.241 e. The quantitative estimate of drug-likeness (QED) is 0.812. The Labute approximate surface area is 127 Å². The fraction of sp³-hybridized carbons (Fsp3) is 0.714. The van der Waals surface area contributed by atoms with Crippen molar-refractivity contribution >= 4 is 21.4 Å². The molecule has 0 fully saturated rings. The van der Waals surface area contributed by atoms with Crippen LogP contribution in [0.2, 0.25) is 0 Å². The molecule has 4 nitrogen and oxygen atoms in total. The van der Waals surface area contributed by atoms with E-state index in [0.717, 1.165) is 11.3 Å². The molecule has 2 N–H and O–H groups in total. The molecule has 0 bridgehead atoms. The lowest BCUT2D eigenvalue weighted by Crippen LogP contribution is -2.29. The van der Waals surface area contributed by atoms with E-state index in [1.807, 2.05) is 19.2 Å². The number of sulfonamides is 1. The Hall–Kier alpha value is -0.430. The van der Waals surface area contributed by atoms with E-state index in [1.165, 1.54) is 11.3 Å². The Morgan fingerprint density at radius 3 is 2.50 bits per heavy atom. The van der Waals surface area contributed by atoms with Crippen molar-refractivity contribution in [2.75, 3.05) is 6.54 Å². The second kappa shape index (κ2) is 7.02. The third-order valence-corrected chi connectivity index (χ3v) is 5.43. The Balaban J connectivity index is 2.70. The maximum absolute atomic E-state index is 12.3. The molecule has 1 rings (SSSR count).